The normalized spacial score (nSPS) is 17.7. The smallest absolute Gasteiger partial charge is 0.252 e. The van der Waals surface area contributed by atoms with Crippen LogP contribution >= 0.6 is 24.2 Å². The average molecular weight is 284 g/mol. The van der Waals surface area contributed by atoms with Crippen LogP contribution in [0.25, 0.3) is 0 Å². The molecule has 1 aromatic rings. The van der Waals surface area contributed by atoms with E-state index in [9.17, 15) is 4.79 Å². The molecule has 0 saturated heterocycles. The number of halogens is 1. The van der Waals surface area contributed by atoms with Crippen LogP contribution in [0.3, 0.4) is 0 Å². The van der Waals surface area contributed by atoms with Crippen molar-refractivity contribution in [1.29, 1.82) is 0 Å². The quantitative estimate of drug-likeness (QED) is 0.809. The van der Waals surface area contributed by atoms with Gasteiger partial charge in [0.2, 0.25) is 0 Å². The summed E-state index contributed by atoms with van der Waals surface area (Å²) in [4.78, 5) is 12.8. The van der Waals surface area contributed by atoms with Crippen LogP contribution in [0.4, 0.5) is 0 Å². The number of carbonyl (C=O) groups excluding carboxylic acids is 1. The van der Waals surface area contributed by atoms with Gasteiger partial charge in [0.05, 0.1) is 10.6 Å². The van der Waals surface area contributed by atoms with Crippen molar-refractivity contribution in [1.82, 2.24) is 5.32 Å². The molecule has 0 aromatic heterocycles. The van der Waals surface area contributed by atoms with Gasteiger partial charge in [0.25, 0.3) is 5.91 Å². The fourth-order valence-corrected chi connectivity index (χ4v) is 2.89. The number of carbonyl (C=O) groups is 1. The fourth-order valence-electron chi connectivity index (χ4n) is 2.48. The zero-order valence-corrected chi connectivity index (χ0v) is 12.2. The van der Waals surface area contributed by atoms with Crippen molar-refractivity contribution in [3.63, 3.8) is 0 Å². The topological polar surface area (TPSA) is 29.1 Å². The summed E-state index contributed by atoms with van der Waals surface area (Å²) in [7, 11) is 0. The Hall–Kier alpha value is -0.670. The van der Waals surface area contributed by atoms with Gasteiger partial charge in [-0.25, -0.2) is 0 Å². The molecule has 1 aliphatic rings. The minimum absolute atomic E-state index is 0.107. The first kappa shape index (κ1) is 13.8. The summed E-state index contributed by atoms with van der Waals surface area (Å²) in [6, 6.07) is 5.19. The molecule has 0 heterocycles. The summed E-state index contributed by atoms with van der Waals surface area (Å²) in [5, 5.41) is 3.47. The Kier molecular flexibility index (Phi) is 4.23. The average Bonchev–Trinajstić information content (AvgIpc) is 2.77. The van der Waals surface area contributed by atoms with Gasteiger partial charge in [-0.2, -0.15) is 0 Å². The van der Waals surface area contributed by atoms with E-state index in [4.69, 9.17) is 11.6 Å². The summed E-state index contributed by atoms with van der Waals surface area (Å²) < 4.78 is 0. The third kappa shape index (κ3) is 3.21. The molecule has 4 heteroatoms. The standard InChI is InChI=1S/C14H18ClNOS/c1-14(6-2-3-7-14)9-16-13(17)11-8-10(18)4-5-12(11)15/h4-5,8,18H,2-3,6-7,9H2,1H3,(H,16,17). The van der Waals surface area contributed by atoms with Crippen LogP contribution in [-0.4, -0.2) is 12.5 Å². The van der Waals surface area contributed by atoms with Gasteiger partial charge in [-0.05, 0) is 36.5 Å². The predicted octanol–water partition coefficient (Wildman–Crippen LogP) is 3.94. The van der Waals surface area contributed by atoms with Crippen molar-refractivity contribution in [2.45, 2.75) is 37.5 Å². The number of thiol groups is 1. The molecule has 1 N–H and O–H groups in total. The van der Waals surface area contributed by atoms with E-state index in [0.29, 0.717) is 10.6 Å². The van der Waals surface area contributed by atoms with Gasteiger partial charge in [0, 0.05) is 11.4 Å². The van der Waals surface area contributed by atoms with Crippen LogP contribution in [0.1, 0.15) is 43.0 Å². The highest BCUT2D eigenvalue weighted by Crippen LogP contribution is 2.36. The zero-order valence-electron chi connectivity index (χ0n) is 10.5. The van der Waals surface area contributed by atoms with E-state index < -0.39 is 0 Å². The Labute approximate surface area is 119 Å². The lowest BCUT2D eigenvalue weighted by atomic mass is 9.89. The molecule has 2 nitrogen and oxygen atoms in total. The number of rotatable bonds is 3. The van der Waals surface area contributed by atoms with E-state index in [-0.39, 0.29) is 11.3 Å². The van der Waals surface area contributed by atoms with Gasteiger partial charge in [0.1, 0.15) is 0 Å². The molecule has 1 aromatic carbocycles. The molecule has 0 radical (unpaired) electrons. The van der Waals surface area contributed by atoms with Gasteiger partial charge in [-0.1, -0.05) is 31.4 Å². The number of nitrogens with one attached hydrogen (secondary N) is 1. The monoisotopic (exact) mass is 283 g/mol. The number of amides is 1. The summed E-state index contributed by atoms with van der Waals surface area (Å²) in [5.74, 6) is -0.107. The Balaban J connectivity index is 2.01. The molecule has 2 rings (SSSR count). The van der Waals surface area contributed by atoms with Gasteiger partial charge in [0.15, 0.2) is 0 Å². The van der Waals surface area contributed by atoms with Crippen LogP contribution in [0.5, 0.6) is 0 Å². The van der Waals surface area contributed by atoms with Crippen molar-refractivity contribution < 1.29 is 4.79 Å². The Morgan fingerprint density at radius 1 is 1.44 bits per heavy atom. The number of hydrogen-bond donors (Lipinski definition) is 2. The zero-order chi connectivity index (χ0) is 13.2. The highest BCUT2D eigenvalue weighted by Gasteiger charge is 2.29. The van der Waals surface area contributed by atoms with Crippen LogP contribution in [0, 0.1) is 5.41 Å². The van der Waals surface area contributed by atoms with Crippen molar-refractivity contribution in [2.24, 2.45) is 5.41 Å². The van der Waals surface area contributed by atoms with Gasteiger partial charge in [-0.3, -0.25) is 4.79 Å². The van der Waals surface area contributed by atoms with Crippen LogP contribution in [0.2, 0.25) is 5.02 Å². The SMILES string of the molecule is CC1(CNC(=O)c2cc(S)ccc2Cl)CCCC1. The van der Waals surface area contributed by atoms with Crippen molar-refractivity contribution in [3.05, 3.63) is 28.8 Å². The van der Waals surface area contributed by atoms with E-state index in [2.05, 4.69) is 24.9 Å². The summed E-state index contributed by atoms with van der Waals surface area (Å²) in [5.41, 5.74) is 0.756. The Bertz CT molecular complexity index is 455. The van der Waals surface area contributed by atoms with Gasteiger partial charge < -0.3 is 5.32 Å². The third-order valence-corrected chi connectivity index (χ3v) is 4.29. The van der Waals surface area contributed by atoms with E-state index in [1.807, 2.05) is 0 Å². The molecule has 98 valence electrons. The molecular weight excluding hydrogens is 266 g/mol. The molecule has 0 bridgehead atoms. The van der Waals surface area contributed by atoms with E-state index >= 15 is 0 Å². The van der Waals surface area contributed by atoms with E-state index in [0.717, 1.165) is 11.4 Å². The molecule has 1 amide bonds. The lowest BCUT2D eigenvalue weighted by molar-refractivity contribution is 0.0934. The third-order valence-electron chi connectivity index (χ3n) is 3.68. The van der Waals surface area contributed by atoms with Crippen LogP contribution < -0.4 is 5.32 Å². The van der Waals surface area contributed by atoms with Crippen LogP contribution in [0.15, 0.2) is 23.1 Å². The van der Waals surface area contributed by atoms with E-state index in [1.54, 1.807) is 18.2 Å². The Morgan fingerprint density at radius 2 is 2.11 bits per heavy atom. The van der Waals surface area contributed by atoms with Gasteiger partial charge in [-0.15, -0.1) is 12.6 Å². The molecule has 1 saturated carbocycles. The van der Waals surface area contributed by atoms with Crippen molar-refractivity contribution >= 4 is 30.1 Å². The van der Waals surface area contributed by atoms with Crippen LogP contribution in [-0.2, 0) is 0 Å². The van der Waals surface area contributed by atoms with Crippen molar-refractivity contribution in [2.75, 3.05) is 6.54 Å². The molecule has 1 fully saturated rings. The first-order valence-corrected chi connectivity index (χ1v) is 7.09. The second-order valence-electron chi connectivity index (χ2n) is 5.36. The number of hydrogen-bond acceptors (Lipinski definition) is 2. The molecule has 1 aliphatic carbocycles. The summed E-state index contributed by atoms with van der Waals surface area (Å²) >= 11 is 10.3. The highest BCUT2D eigenvalue weighted by atomic mass is 35.5. The molecule has 0 unspecified atom stereocenters. The molecular formula is C14H18ClNOS. The lowest BCUT2D eigenvalue weighted by Crippen LogP contribution is -2.34. The molecule has 0 atom stereocenters. The maximum Gasteiger partial charge on any atom is 0.252 e. The first-order chi connectivity index (χ1) is 8.50. The summed E-state index contributed by atoms with van der Waals surface area (Å²) in [6.45, 7) is 2.95. The fraction of sp³-hybridized carbons (Fsp3) is 0.500. The van der Waals surface area contributed by atoms with Gasteiger partial charge >= 0.3 is 0 Å². The minimum Gasteiger partial charge on any atom is -0.351 e. The largest absolute Gasteiger partial charge is 0.351 e. The second kappa shape index (κ2) is 5.54. The molecule has 18 heavy (non-hydrogen) atoms. The number of benzene rings is 1. The van der Waals surface area contributed by atoms with Crippen molar-refractivity contribution in [3.8, 4) is 0 Å². The first-order valence-electron chi connectivity index (χ1n) is 6.27. The maximum absolute atomic E-state index is 12.1. The van der Waals surface area contributed by atoms with E-state index in [1.165, 1.54) is 25.7 Å². The lowest BCUT2D eigenvalue weighted by Gasteiger charge is -2.23. The second-order valence-corrected chi connectivity index (χ2v) is 6.29. The minimum atomic E-state index is -0.107. The molecule has 0 spiro atoms. The maximum atomic E-state index is 12.1. The molecule has 0 aliphatic heterocycles. The summed E-state index contributed by atoms with van der Waals surface area (Å²) in [6.07, 6.45) is 4.90. The Morgan fingerprint density at radius 3 is 2.78 bits per heavy atom. The predicted molar refractivity (Wildman–Crippen MR) is 77.6 cm³/mol. The highest BCUT2D eigenvalue weighted by molar-refractivity contribution is 7.80.